The molecule has 0 saturated heterocycles. The van der Waals surface area contributed by atoms with Crippen molar-refractivity contribution in [2.24, 2.45) is 0 Å². The molecule has 1 atom stereocenters. The second-order valence-corrected chi connectivity index (χ2v) is 4.66. The molecule has 0 nitrogen and oxygen atoms in total. The fraction of sp³-hybridized carbons (Fsp3) is 1.00. The van der Waals surface area contributed by atoms with Crippen LogP contribution < -0.4 is 0 Å². The molecule has 0 bridgehead atoms. The number of hydrogen-bond donors (Lipinski definition) is 0. The molecule has 0 aromatic rings. The molecule has 0 spiro atoms. The van der Waals surface area contributed by atoms with E-state index < -0.39 is 0 Å². The molecular formula is C10H23P. The first kappa shape index (κ1) is 11.4. The van der Waals surface area contributed by atoms with Gasteiger partial charge >= 0.3 is 0 Å². The first-order valence-corrected chi connectivity index (χ1v) is 6.54. The van der Waals surface area contributed by atoms with Gasteiger partial charge in [-0.25, -0.2) is 0 Å². The van der Waals surface area contributed by atoms with Gasteiger partial charge in [0.2, 0.25) is 0 Å². The van der Waals surface area contributed by atoms with Crippen molar-refractivity contribution >= 4 is 8.58 Å². The Kier molecular flexibility index (Phi) is 10.8. The second kappa shape index (κ2) is 10.4. The van der Waals surface area contributed by atoms with Crippen molar-refractivity contribution in [2.45, 2.75) is 52.4 Å². The molecule has 0 saturated carbocycles. The van der Waals surface area contributed by atoms with Crippen LogP contribution in [-0.2, 0) is 0 Å². The van der Waals surface area contributed by atoms with Gasteiger partial charge in [0.25, 0.3) is 0 Å². The van der Waals surface area contributed by atoms with Crippen molar-refractivity contribution in [3.05, 3.63) is 0 Å². The van der Waals surface area contributed by atoms with Crippen LogP contribution in [0.2, 0.25) is 0 Å². The molecule has 0 N–H and O–H groups in total. The maximum absolute atomic E-state index is 2.28. The van der Waals surface area contributed by atoms with Gasteiger partial charge in [-0.2, -0.15) is 0 Å². The molecule has 0 rings (SSSR count). The maximum atomic E-state index is 2.28. The summed E-state index contributed by atoms with van der Waals surface area (Å²) in [6, 6.07) is 0. The van der Waals surface area contributed by atoms with Gasteiger partial charge < -0.3 is 0 Å². The van der Waals surface area contributed by atoms with E-state index in [1.54, 1.807) is 0 Å². The summed E-state index contributed by atoms with van der Waals surface area (Å²) in [5, 5.41) is 0. The Hall–Kier alpha value is 0.430. The summed E-state index contributed by atoms with van der Waals surface area (Å²) in [6.07, 6.45) is 11.6. The Bertz CT molecular complexity index is 53.9. The third kappa shape index (κ3) is 10.4. The van der Waals surface area contributed by atoms with Crippen LogP contribution in [0.3, 0.4) is 0 Å². The molecule has 1 unspecified atom stereocenters. The third-order valence-electron chi connectivity index (χ3n) is 1.88. The average molecular weight is 174 g/mol. The molecule has 0 heterocycles. The summed E-state index contributed by atoms with van der Waals surface area (Å²) in [5.41, 5.74) is 0. The Morgan fingerprint density at radius 1 is 0.727 bits per heavy atom. The van der Waals surface area contributed by atoms with Crippen molar-refractivity contribution in [3.8, 4) is 0 Å². The van der Waals surface area contributed by atoms with E-state index >= 15 is 0 Å². The minimum Gasteiger partial charge on any atom is -0.122 e. The van der Waals surface area contributed by atoms with Crippen LogP contribution in [0.25, 0.3) is 0 Å². The zero-order chi connectivity index (χ0) is 8.36. The molecule has 0 fully saturated rings. The number of unbranched alkanes of at least 4 members (excludes halogenated alkanes) is 4. The molecule has 0 amide bonds. The van der Waals surface area contributed by atoms with Crippen LogP contribution in [0.1, 0.15) is 52.4 Å². The van der Waals surface area contributed by atoms with Crippen LogP contribution in [-0.4, -0.2) is 12.3 Å². The first-order chi connectivity index (χ1) is 5.41. The summed E-state index contributed by atoms with van der Waals surface area (Å²) < 4.78 is 0. The van der Waals surface area contributed by atoms with Crippen LogP contribution >= 0.6 is 8.58 Å². The van der Waals surface area contributed by atoms with Crippen molar-refractivity contribution in [1.82, 2.24) is 0 Å². The van der Waals surface area contributed by atoms with E-state index in [4.69, 9.17) is 0 Å². The van der Waals surface area contributed by atoms with Crippen LogP contribution in [0.5, 0.6) is 0 Å². The predicted molar refractivity (Wildman–Crippen MR) is 57.1 cm³/mol. The third-order valence-corrected chi connectivity index (χ3v) is 3.44. The summed E-state index contributed by atoms with van der Waals surface area (Å²) >= 11 is 0. The Balaban J connectivity index is 2.69. The van der Waals surface area contributed by atoms with Crippen molar-refractivity contribution in [1.29, 1.82) is 0 Å². The van der Waals surface area contributed by atoms with Gasteiger partial charge in [0, 0.05) is 0 Å². The summed E-state index contributed by atoms with van der Waals surface area (Å²) in [5.74, 6) is 0. The van der Waals surface area contributed by atoms with E-state index in [2.05, 4.69) is 13.8 Å². The lowest BCUT2D eigenvalue weighted by Crippen LogP contribution is -1.81. The molecule has 0 aromatic carbocycles. The predicted octanol–water partition coefficient (Wildman–Crippen LogP) is 4.05. The Labute approximate surface area is 73.9 Å². The van der Waals surface area contributed by atoms with E-state index in [-0.39, 0.29) is 0 Å². The van der Waals surface area contributed by atoms with Gasteiger partial charge in [0.15, 0.2) is 0 Å². The topological polar surface area (TPSA) is 0 Å². The van der Waals surface area contributed by atoms with Gasteiger partial charge in [0.05, 0.1) is 0 Å². The molecule has 0 aliphatic heterocycles. The molecule has 0 aliphatic rings. The molecule has 0 aromatic heterocycles. The van der Waals surface area contributed by atoms with E-state index in [1.165, 1.54) is 59.4 Å². The lowest BCUT2D eigenvalue weighted by Gasteiger charge is -1.99. The smallest absolute Gasteiger partial charge is 0.0353 e. The van der Waals surface area contributed by atoms with E-state index in [0.29, 0.717) is 0 Å². The van der Waals surface area contributed by atoms with Gasteiger partial charge in [0.1, 0.15) is 0 Å². The largest absolute Gasteiger partial charge is 0.122 e. The van der Waals surface area contributed by atoms with Crippen LogP contribution in [0.15, 0.2) is 0 Å². The van der Waals surface area contributed by atoms with E-state index in [0.717, 1.165) is 0 Å². The standard InChI is InChI=1S/C10H23P/c1-3-5-6-7-8-10-11-9-4-2/h11H,3-10H2,1-2H3. The zero-order valence-corrected chi connectivity index (χ0v) is 9.16. The molecule has 0 radical (unpaired) electrons. The molecular weight excluding hydrogens is 151 g/mol. The fourth-order valence-electron chi connectivity index (χ4n) is 1.16. The average Bonchev–Trinajstić information content (AvgIpc) is 2.03. The van der Waals surface area contributed by atoms with Crippen molar-refractivity contribution in [3.63, 3.8) is 0 Å². The lowest BCUT2D eigenvalue weighted by atomic mass is 10.2. The van der Waals surface area contributed by atoms with E-state index in [9.17, 15) is 0 Å². The lowest BCUT2D eigenvalue weighted by molar-refractivity contribution is 0.658. The number of rotatable bonds is 8. The van der Waals surface area contributed by atoms with Gasteiger partial charge in [-0.3, -0.25) is 0 Å². The fourth-order valence-corrected chi connectivity index (χ4v) is 2.26. The highest BCUT2D eigenvalue weighted by Crippen LogP contribution is 2.14. The van der Waals surface area contributed by atoms with Gasteiger partial charge in [-0.1, -0.05) is 46.0 Å². The van der Waals surface area contributed by atoms with Crippen LogP contribution in [0.4, 0.5) is 0 Å². The van der Waals surface area contributed by atoms with Crippen molar-refractivity contribution in [2.75, 3.05) is 12.3 Å². The Morgan fingerprint density at radius 2 is 1.45 bits per heavy atom. The Morgan fingerprint density at radius 3 is 2.09 bits per heavy atom. The SMILES string of the molecule is CCCCCCCPCCC. The minimum absolute atomic E-state index is 1.24. The quantitative estimate of drug-likeness (QED) is 0.385. The number of hydrogen-bond acceptors (Lipinski definition) is 0. The zero-order valence-electron chi connectivity index (χ0n) is 8.16. The minimum atomic E-state index is 1.24. The van der Waals surface area contributed by atoms with E-state index in [1.807, 2.05) is 0 Å². The molecule has 0 aliphatic carbocycles. The molecule has 11 heavy (non-hydrogen) atoms. The normalized spacial score (nSPS) is 11.5. The van der Waals surface area contributed by atoms with Crippen molar-refractivity contribution < 1.29 is 0 Å². The molecule has 1 heteroatoms. The van der Waals surface area contributed by atoms with Gasteiger partial charge in [-0.15, -0.1) is 8.58 Å². The summed E-state index contributed by atoms with van der Waals surface area (Å²) in [6.45, 7) is 4.56. The van der Waals surface area contributed by atoms with Crippen LogP contribution in [0, 0.1) is 0 Å². The first-order valence-electron chi connectivity index (χ1n) is 5.12. The monoisotopic (exact) mass is 174 g/mol. The summed E-state index contributed by atoms with van der Waals surface area (Å²) in [7, 11) is 1.24. The summed E-state index contributed by atoms with van der Waals surface area (Å²) in [4.78, 5) is 0. The highest BCUT2D eigenvalue weighted by molar-refractivity contribution is 7.37. The maximum Gasteiger partial charge on any atom is -0.0353 e. The highest BCUT2D eigenvalue weighted by Gasteiger charge is 1.88. The highest BCUT2D eigenvalue weighted by atomic mass is 31.1. The second-order valence-electron chi connectivity index (χ2n) is 3.16. The molecule has 68 valence electrons. The van der Waals surface area contributed by atoms with Gasteiger partial charge in [-0.05, 0) is 18.7 Å².